The molecular weight excluding hydrogens is 296 g/mol. The van der Waals surface area contributed by atoms with Crippen molar-refractivity contribution in [1.29, 1.82) is 0 Å². The summed E-state index contributed by atoms with van der Waals surface area (Å²) in [6, 6.07) is 9.22. The molecule has 0 saturated heterocycles. The van der Waals surface area contributed by atoms with Crippen molar-refractivity contribution in [3.05, 3.63) is 55.1 Å². The van der Waals surface area contributed by atoms with E-state index in [-0.39, 0.29) is 12.6 Å². The topological polar surface area (TPSA) is 97.0 Å². The van der Waals surface area contributed by atoms with Crippen molar-refractivity contribution in [2.24, 2.45) is 0 Å². The number of nitrogens with one attached hydrogen (secondary N) is 2. The third kappa shape index (κ3) is 3.74. The Morgan fingerprint density at radius 2 is 1.74 bits per heavy atom. The van der Waals surface area contributed by atoms with Gasteiger partial charge in [-0.25, -0.2) is 9.48 Å². The molecule has 2 aromatic heterocycles. The summed E-state index contributed by atoms with van der Waals surface area (Å²) < 4.78 is 3.22. The molecule has 2 heterocycles. The van der Waals surface area contributed by atoms with Gasteiger partial charge in [-0.05, 0) is 12.1 Å². The van der Waals surface area contributed by atoms with E-state index >= 15 is 0 Å². The maximum atomic E-state index is 11.9. The molecule has 0 aliphatic rings. The minimum absolute atomic E-state index is 0.00795. The molecule has 0 spiro atoms. The predicted molar refractivity (Wildman–Crippen MR) is 85.5 cm³/mol. The second-order valence-electron chi connectivity index (χ2n) is 4.80. The Balaban J connectivity index is 1.60. The fraction of sp³-hybridized carbons (Fsp3) is 0.133. The Labute approximate surface area is 132 Å². The van der Waals surface area contributed by atoms with Crippen LogP contribution < -0.4 is 10.6 Å². The van der Waals surface area contributed by atoms with Gasteiger partial charge in [-0.2, -0.15) is 10.2 Å². The highest BCUT2D eigenvalue weighted by atomic mass is 16.3. The summed E-state index contributed by atoms with van der Waals surface area (Å²) in [5.41, 5.74) is 2.03. The molecule has 3 N–H and O–H groups in total. The molecule has 0 radical (unpaired) electrons. The number of anilines is 2. The molecule has 2 amide bonds. The fourth-order valence-electron chi connectivity index (χ4n) is 2.06. The van der Waals surface area contributed by atoms with Crippen LogP contribution in [0.15, 0.2) is 55.1 Å². The number of para-hydroxylation sites is 1. The maximum absolute atomic E-state index is 11.9. The van der Waals surface area contributed by atoms with Gasteiger partial charge in [0.2, 0.25) is 0 Å². The highest BCUT2D eigenvalue weighted by Gasteiger charge is 2.07. The van der Waals surface area contributed by atoms with Gasteiger partial charge >= 0.3 is 6.03 Å². The normalized spacial score (nSPS) is 10.5. The van der Waals surface area contributed by atoms with E-state index in [0.717, 1.165) is 5.69 Å². The van der Waals surface area contributed by atoms with E-state index in [2.05, 4.69) is 20.8 Å². The monoisotopic (exact) mass is 312 g/mol. The van der Waals surface area contributed by atoms with E-state index in [0.29, 0.717) is 17.9 Å². The zero-order valence-electron chi connectivity index (χ0n) is 12.3. The molecule has 23 heavy (non-hydrogen) atoms. The SMILES string of the molecule is O=C(Nc1cnn(CCO)c1)Nc1cnn(-c2ccccc2)c1. The number of carbonyl (C=O) groups is 1. The summed E-state index contributed by atoms with van der Waals surface area (Å²) in [7, 11) is 0. The van der Waals surface area contributed by atoms with Crippen molar-refractivity contribution < 1.29 is 9.90 Å². The van der Waals surface area contributed by atoms with Gasteiger partial charge in [-0.3, -0.25) is 4.68 Å². The number of hydrogen-bond acceptors (Lipinski definition) is 4. The van der Waals surface area contributed by atoms with Gasteiger partial charge in [0.05, 0.1) is 48.8 Å². The molecule has 8 nitrogen and oxygen atoms in total. The van der Waals surface area contributed by atoms with E-state index < -0.39 is 0 Å². The average Bonchev–Trinajstić information content (AvgIpc) is 3.18. The molecule has 8 heteroatoms. The summed E-state index contributed by atoms with van der Waals surface area (Å²) in [5, 5.41) is 22.4. The Morgan fingerprint density at radius 1 is 1.04 bits per heavy atom. The third-order valence-electron chi connectivity index (χ3n) is 3.08. The lowest BCUT2D eigenvalue weighted by Crippen LogP contribution is -2.18. The number of amides is 2. The number of carbonyl (C=O) groups excluding carboxylic acids is 1. The molecule has 0 aliphatic carbocycles. The summed E-state index contributed by atoms with van der Waals surface area (Å²) in [4.78, 5) is 11.9. The minimum atomic E-state index is -0.388. The predicted octanol–water partition coefficient (Wildman–Crippen LogP) is 1.71. The first-order valence-corrected chi connectivity index (χ1v) is 7.06. The van der Waals surface area contributed by atoms with Crippen molar-refractivity contribution in [3.63, 3.8) is 0 Å². The molecule has 0 saturated carbocycles. The van der Waals surface area contributed by atoms with Crippen molar-refractivity contribution >= 4 is 17.4 Å². The number of rotatable bonds is 5. The second kappa shape index (κ2) is 6.75. The van der Waals surface area contributed by atoms with E-state index in [4.69, 9.17) is 5.11 Å². The fourth-order valence-corrected chi connectivity index (χ4v) is 2.06. The Morgan fingerprint density at radius 3 is 2.48 bits per heavy atom. The van der Waals surface area contributed by atoms with E-state index in [1.807, 2.05) is 30.3 Å². The quantitative estimate of drug-likeness (QED) is 0.668. The highest BCUT2D eigenvalue weighted by Crippen LogP contribution is 2.12. The first kappa shape index (κ1) is 14.8. The summed E-state index contributed by atoms with van der Waals surface area (Å²) >= 11 is 0. The lowest BCUT2D eigenvalue weighted by atomic mass is 10.3. The first-order chi connectivity index (χ1) is 11.2. The van der Waals surface area contributed by atoms with Gasteiger partial charge in [-0.15, -0.1) is 0 Å². The van der Waals surface area contributed by atoms with E-state index in [9.17, 15) is 4.79 Å². The van der Waals surface area contributed by atoms with E-state index in [1.165, 1.54) is 6.20 Å². The molecule has 0 unspecified atom stereocenters. The van der Waals surface area contributed by atoms with Gasteiger partial charge in [0.25, 0.3) is 0 Å². The van der Waals surface area contributed by atoms with Gasteiger partial charge in [0.1, 0.15) is 0 Å². The number of aliphatic hydroxyl groups excluding tert-OH is 1. The number of nitrogens with zero attached hydrogens (tertiary/aromatic N) is 4. The van der Waals surface area contributed by atoms with Crippen LogP contribution in [-0.2, 0) is 6.54 Å². The molecular formula is C15H16N6O2. The zero-order valence-corrected chi connectivity index (χ0v) is 12.3. The van der Waals surface area contributed by atoms with Crippen LogP contribution in [0.1, 0.15) is 0 Å². The standard InChI is InChI=1S/C15H16N6O2/c22-7-6-20-10-12(8-16-20)18-15(23)19-13-9-17-21(11-13)14-4-2-1-3-5-14/h1-5,8-11,22H,6-7H2,(H2,18,19,23). The molecule has 0 aliphatic heterocycles. The largest absolute Gasteiger partial charge is 0.394 e. The van der Waals surface area contributed by atoms with Crippen LogP contribution in [0.4, 0.5) is 16.2 Å². The first-order valence-electron chi connectivity index (χ1n) is 7.06. The lowest BCUT2D eigenvalue weighted by Gasteiger charge is -2.03. The summed E-state index contributed by atoms with van der Waals surface area (Å²) in [6.45, 7) is 0.374. The summed E-state index contributed by atoms with van der Waals surface area (Å²) in [6.07, 6.45) is 6.46. The van der Waals surface area contributed by atoms with Gasteiger partial charge in [0.15, 0.2) is 0 Å². The average molecular weight is 312 g/mol. The molecule has 3 rings (SSSR count). The van der Waals surface area contributed by atoms with Crippen molar-refractivity contribution in [2.75, 3.05) is 17.2 Å². The molecule has 0 atom stereocenters. The zero-order chi connectivity index (χ0) is 16.1. The van der Waals surface area contributed by atoms with Crippen molar-refractivity contribution in [2.45, 2.75) is 6.54 Å². The van der Waals surface area contributed by atoms with Crippen LogP contribution >= 0.6 is 0 Å². The smallest absolute Gasteiger partial charge is 0.323 e. The highest BCUT2D eigenvalue weighted by molar-refractivity contribution is 5.99. The molecule has 1 aromatic carbocycles. The molecule has 0 fully saturated rings. The second-order valence-corrected chi connectivity index (χ2v) is 4.80. The maximum Gasteiger partial charge on any atom is 0.323 e. The number of aromatic nitrogens is 4. The van der Waals surface area contributed by atoms with Gasteiger partial charge in [0, 0.05) is 6.20 Å². The van der Waals surface area contributed by atoms with Gasteiger partial charge in [-0.1, -0.05) is 18.2 Å². The van der Waals surface area contributed by atoms with Crippen LogP contribution in [-0.4, -0.2) is 37.3 Å². The van der Waals surface area contributed by atoms with Crippen LogP contribution in [0.2, 0.25) is 0 Å². The number of urea groups is 1. The Bertz CT molecular complexity index is 780. The van der Waals surface area contributed by atoms with Crippen LogP contribution in [0.5, 0.6) is 0 Å². The van der Waals surface area contributed by atoms with Crippen molar-refractivity contribution in [1.82, 2.24) is 19.6 Å². The number of hydrogen-bond donors (Lipinski definition) is 3. The molecule has 118 valence electrons. The molecule has 0 bridgehead atoms. The van der Waals surface area contributed by atoms with Crippen LogP contribution in [0.25, 0.3) is 5.69 Å². The third-order valence-corrected chi connectivity index (χ3v) is 3.08. The number of aliphatic hydroxyl groups is 1. The summed E-state index contributed by atoms with van der Waals surface area (Å²) in [5.74, 6) is 0. The Hall–Kier alpha value is -3.13. The van der Waals surface area contributed by atoms with Crippen LogP contribution in [0.3, 0.4) is 0 Å². The van der Waals surface area contributed by atoms with Gasteiger partial charge < -0.3 is 15.7 Å². The lowest BCUT2D eigenvalue weighted by molar-refractivity contribution is 0.262. The van der Waals surface area contributed by atoms with Crippen LogP contribution in [0, 0.1) is 0 Å². The molecule has 3 aromatic rings. The van der Waals surface area contributed by atoms with Crippen molar-refractivity contribution in [3.8, 4) is 5.69 Å². The number of benzene rings is 1. The Kier molecular flexibility index (Phi) is 4.34. The van der Waals surface area contributed by atoms with E-state index in [1.54, 1.807) is 28.0 Å². The minimum Gasteiger partial charge on any atom is -0.394 e.